The summed E-state index contributed by atoms with van der Waals surface area (Å²) in [5.41, 5.74) is 12.1. The molecule has 0 fully saturated rings. The third-order valence-corrected chi connectivity index (χ3v) is 12.4. The van der Waals surface area contributed by atoms with Crippen molar-refractivity contribution in [2.75, 3.05) is 0 Å². The van der Waals surface area contributed by atoms with Gasteiger partial charge in [0.1, 0.15) is 0 Å². The second kappa shape index (κ2) is 15.7. The molecule has 50 heavy (non-hydrogen) atoms. The maximum absolute atomic E-state index is 4.76. The molecule has 7 aromatic rings. The number of rotatable bonds is 6. The number of fused-ring (bicyclic) bond motifs is 3. The molecule has 2 nitrogen and oxygen atoms in total. The van der Waals surface area contributed by atoms with Crippen molar-refractivity contribution in [3.63, 3.8) is 0 Å². The number of pyridine rings is 2. The average Bonchev–Trinajstić information content (AvgIpc) is 3.47. The fraction of sp³-hybridized carbons (Fsp3) is 0.244. The Morgan fingerprint density at radius 1 is 0.660 bits per heavy atom. The molecule has 0 unspecified atom stereocenters. The van der Waals surface area contributed by atoms with Crippen LogP contribution in [0.2, 0.25) is 19.6 Å². The van der Waals surface area contributed by atoms with Crippen LogP contribution < -0.4 is 5.19 Å². The SMILES string of the molecule is CC(C)c1cc(-c2[c-]cccc2)ncc1[Si](C)(C)C.Cc1ccc(-c2ccc3c(c2)sc2c(-c4cc(C(C)C)c(C)cn4)[c-]ccc23)cc1.[Ir]. The first-order chi connectivity index (χ1) is 23.4. The fourth-order valence-electron chi connectivity index (χ4n) is 6.43. The molecule has 7 rings (SSSR count). The van der Waals surface area contributed by atoms with Gasteiger partial charge in [-0.3, -0.25) is 0 Å². The Labute approximate surface area is 317 Å². The molecule has 0 spiro atoms. The maximum Gasteiger partial charge on any atom is 0.0799 e. The van der Waals surface area contributed by atoms with E-state index in [0.717, 1.165) is 22.5 Å². The smallest absolute Gasteiger partial charge is 0.0799 e. The van der Waals surface area contributed by atoms with E-state index in [1.807, 2.05) is 41.8 Å². The Kier molecular flexibility index (Phi) is 11.7. The second-order valence-electron chi connectivity index (χ2n) is 14.7. The molecule has 1 radical (unpaired) electrons. The van der Waals surface area contributed by atoms with Crippen molar-refractivity contribution in [1.82, 2.24) is 9.97 Å². The van der Waals surface area contributed by atoms with Crippen molar-refractivity contribution in [2.45, 2.75) is 73.0 Å². The average molecular weight is 867 g/mol. The van der Waals surface area contributed by atoms with Crippen molar-refractivity contribution < 1.29 is 20.1 Å². The minimum atomic E-state index is -1.34. The molecule has 0 saturated heterocycles. The van der Waals surface area contributed by atoms with E-state index in [1.165, 1.54) is 58.7 Å². The molecule has 0 aliphatic heterocycles. The van der Waals surface area contributed by atoms with Crippen molar-refractivity contribution in [1.29, 1.82) is 0 Å². The third kappa shape index (κ3) is 8.08. The van der Waals surface area contributed by atoms with E-state index in [4.69, 9.17) is 4.98 Å². The number of hydrogen-bond donors (Lipinski definition) is 0. The summed E-state index contributed by atoms with van der Waals surface area (Å²) in [6.45, 7) is 20.4. The van der Waals surface area contributed by atoms with E-state index < -0.39 is 8.07 Å². The zero-order chi connectivity index (χ0) is 34.9. The van der Waals surface area contributed by atoms with Gasteiger partial charge in [-0.05, 0) is 80.7 Å². The van der Waals surface area contributed by atoms with Gasteiger partial charge in [-0.25, -0.2) is 0 Å². The molecule has 0 amide bonds. The van der Waals surface area contributed by atoms with Crippen LogP contribution >= 0.6 is 11.3 Å². The molecule has 0 aliphatic carbocycles. The first-order valence-corrected chi connectivity index (χ1v) is 21.6. The summed E-state index contributed by atoms with van der Waals surface area (Å²) in [6.07, 6.45) is 4.10. The summed E-state index contributed by atoms with van der Waals surface area (Å²) in [5, 5.41) is 4.06. The molecular weight excluding hydrogens is 821 g/mol. The van der Waals surface area contributed by atoms with Crippen LogP contribution in [-0.4, -0.2) is 18.0 Å². The Morgan fingerprint density at radius 2 is 1.34 bits per heavy atom. The predicted molar refractivity (Wildman–Crippen MR) is 216 cm³/mol. The molecule has 0 saturated carbocycles. The summed E-state index contributed by atoms with van der Waals surface area (Å²) in [7, 11) is -1.34. The normalized spacial score (nSPS) is 11.5. The second-order valence-corrected chi connectivity index (χ2v) is 20.8. The van der Waals surface area contributed by atoms with Gasteiger partial charge in [0.05, 0.1) is 8.07 Å². The van der Waals surface area contributed by atoms with E-state index in [9.17, 15) is 0 Å². The van der Waals surface area contributed by atoms with Crippen LogP contribution in [0.25, 0.3) is 53.8 Å². The molecule has 3 aromatic heterocycles. The van der Waals surface area contributed by atoms with Crippen LogP contribution in [0.4, 0.5) is 0 Å². The zero-order valence-corrected chi connectivity index (χ0v) is 34.8. The molecule has 0 atom stereocenters. The summed E-state index contributed by atoms with van der Waals surface area (Å²) in [5.74, 6) is 1.01. The van der Waals surface area contributed by atoms with E-state index in [1.54, 1.807) is 0 Å². The van der Waals surface area contributed by atoms with Gasteiger partial charge in [-0.15, -0.1) is 59.7 Å². The van der Waals surface area contributed by atoms with E-state index >= 15 is 0 Å². The number of aromatic nitrogens is 2. The van der Waals surface area contributed by atoms with Crippen molar-refractivity contribution >= 4 is 44.8 Å². The van der Waals surface area contributed by atoms with Gasteiger partial charge in [0, 0.05) is 37.2 Å². The molecule has 0 bridgehead atoms. The molecule has 0 N–H and O–H groups in total. The van der Waals surface area contributed by atoms with E-state index in [-0.39, 0.29) is 20.1 Å². The predicted octanol–water partition coefficient (Wildman–Crippen LogP) is 12.5. The number of aryl methyl sites for hydroxylation is 2. The molecule has 3 heterocycles. The minimum absolute atomic E-state index is 0. The minimum Gasteiger partial charge on any atom is -0.305 e. The molecule has 4 aromatic carbocycles. The largest absolute Gasteiger partial charge is 0.305 e. The number of thiophene rings is 1. The van der Waals surface area contributed by atoms with E-state index in [0.29, 0.717) is 11.8 Å². The number of benzene rings is 4. The Bertz CT molecular complexity index is 2230. The van der Waals surface area contributed by atoms with Gasteiger partial charge in [0.15, 0.2) is 0 Å². The first kappa shape index (κ1) is 37.5. The summed E-state index contributed by atoms with van der Waals surface area (Å²) in [4.78, 5) is 9.42. The van der Waals surface area contributed by atoms with Crippen molar-refractivity contribution in [2.24, 2.45) is 0 Å². The van der Waals surface area contributed by atoms with Crippen LogP contribution in [0.5, 0.6) is 0 Å². The van der Waals surface area contributed by atoms with Crippen LogP contribution in [0.15, 0.2) is 103 Å². The van der Waals surface area contributed by atoms with E-state index in [2.05, 4.69) is 151 Å². The van der Waals surface area contributed by atoms with Crippen LogP contribution in [0, 0.1) is 26.0 Å². The van der Waals surface area contributed by atoms with Gasteiger partial charge >= 0.3 is 0 Å². The van der Waals surface area contributed by atoms with Gasteiger partial charge in [-0.2, -0.15) is 11.3 Å². The van der Waals surface area contributed by atoms with Crippen LogP contribution in [0.1, 0.15) is 61.8 Å². The van der Waals surface area contributed by atoms with Crippen LogP contribution in [0.3, 0.4) is 0 Å². The summed E-state index contributed by atoms with van der Waals surface area (Å²) in [6, 6.07) is 39.0. The summed E-state index contributed by atoms with van der Waals surface area (Å²) < 4.78 is 2.57. The fourth-order valence-corrected chi connectivity index (χ4v) is 9.36. The Morgan fingerprint density at radius 3 is 2.00 bits per heavy atom. The quantitative estimate of drug-likeness (QED) is 0.123. The number of hydrogen-bond acceptors (Lipinski definition) is 3. The standard InChI is InChI=1S/C28H24NS.C17H22NSi.Ir/c1-17(2)25-15-26(29-16-19(25)4)24-7-5-6-23-22-13-12-21(14-27(22)30-28(23)24)20-10-8-18(3)9-11-20;1-13(2)15-11-16(14-9-7-6-8-10-14)18-12-17(15)19(3,4)5;/h5-6,8-17H,1-4H3;6-9,11-13H,1-5H3;/q2*-1;. The zero-order valence-electron chi connectivity index (χ0n) is 30.6. The van der Waals surface area contributed by atoms with Gasteiger partial charge in [0.2, 0.25) is 0 Å². The van der Waals surface area contributed by atoms with Gasteiger partial charge < -0.3 is 9.97 Å². The molecule has 257 valence electrons. The van der Waals surface area contributed by atoms with Crippen molar-refractivity contribution in [3.8, 4) is 33.6 Å². The van der Waals surface area contributed by atoms with Crippen LogP contribution in [-0.2, 0) is 20.1 Å². The van der Waals surface area contributed by atoms with Crippen molar-refractivity contribution in [3.05, 3.63) is 138 Å². The monoisotopic (exact) mass is 867 g/mol. The molecule has 5 heteroatoms. The van der Waals surface area contributed by atoms with Gasteiger partial charge in [0.25, 0.3) is 0 Å². The summed E-state index contributed by atoms with van der Waals surface area (Å²) >= 11 is 1.84. The molecule has 0 aliphatic rings. The number of nitrogens with zero attached hydrogens (tertiary/aromatic N) is 2. The third-order valence-electron chi connectivity index (χ3n) is 9.19. The maximum atomic E-state index is 4.76. The molecular formula is C45H46IrN2SSi-2. The Balaban J connectivity index is 0.000000211. The first-order valence-electron chi connectivity index (χ1n) is 17.3. The Hall–Kier alpha value is -3.73. The topological polar surface area (TPSA) is 25.8 Å². The van der Waals surface area contributed by atoms with Gasteiger partial charge in [-0.1, -0.05) is 112 Å².